The van der Waals surface area contributed by atoms with E-state index in [1.165, 1.54) is 20.9 Å². The van der Waals surface area contributed by atoms with Crippen molar-refractivity contribution >= 4 is 22.6 Å². The van der Waals surface area contributed by atoms with Crippen molar-refractivity contribution in [2.45, 2.75) is 26.1 Å². The lowest BCUT2D eigenvalue weighted by atomic mass is 10.1. The van der Waals surface area contributed by atoms with Gasteiger partial charge in [-0.05, 0) is 32.0 Å². The molecule has 1 aromatic heterocycles. The molecule has 6 nitrogen and oxygen atoms in total. The Bertz CT molecular complexity index is 932. The Morgan fingerprint density at radius 2 is 1.88 bits per heavy atom. The van der Waals surface area contributed by atoms with Crippen LogP contribution in [0.3, 0.4) is 0 Å². The molecule has 0 spiro atoms. The van der Waals surface area contributed by atoms with Crippen LogP contribution in [0.25, 0.3) is 10.9 Å². The van der Waals surface area contributed by atoms with E-state index in [1.54, 1.807) is 0 Å². The van der Waals surface area contributed by atoms with Crippen LogP contribution in [0.4, 0.5) is 13.2 Å². The zero-order valence-corrected chi connectivity index (χ0v) is 13.6. The summed E-state index contributed by atoms with van der Waals surface area (Å²) >= 11 is 0. The number of alkyl halides is 3. The van der Waals surface area contributed by atoms with Gasteiger partial charge in [0.15, 0.2) is 5.78 Å². The molecule has 0 saturated carbocycles. The summed E-state index contributed by atoms with van der Waals surface area (Å²) in [7, 11) is 1.19. The SMILES string of the molecule is CC(=O)[C@H](C)NC(=O)c1c(O)c2ccc(C(F)(F)F)cc2n(C)c1=O. The molecule has 0 unspecified atom stereocenters. The molecule has 0 radical (unpaired) electrons. The van der Waals surface area contributed by atoms with E-state index in [1.807, 2.05) is 0 Å². The summed E-state index contributed by atoms with van der Waals surface area (Å²) in [5, 5.41) is 12.4. The van der Waals surface area contributed by atoms with Crippen molar-refractivity contribution in [1.29, 1.82) is 0 Å². The number of halogens is 3. The molecule has 25 heavy (non-hydrogen) atoms. The molecule has 0 aliphatic heterocycles. The molecule has 9 heteroatoms. The number of Topliss-reactive ketones (excluding diaryl/α,β-unsaturated/α-hetero) is 1. The number of benzene rings is 1. The molecular weight excluding hydrogens is 341 g/mol. The average Bonchev–Trinajstić information content (AvgIpc) is 2.51. The summed E-state index contributed by atoms with van der Waals surface area (Å²) in [6.45, 7) is 2.64. The summed E-state index contributed by atoms with van der Waals surface area (Å²) < 4.78 is 39.3. The predicted octanol–water partition coefficient (Wildman–Crippen LogP) is 1.97. The smallest absolute Gasteiger partial charge is 0.416 e. The Morgan fingerprint density at radius 3 is 2.40 bits per heavy atom. The molecule has 2 N–H and O–H groups in total. The van der Waals surface area contributed by atoms with E-state index in [0.717, 1.165) is 22.8 Å². The fourth-order valence-electron chi connectivity index (χ4n) is 2.27. The summed E-state index contributed by atoms with van der Waals surface area (Å²) in [5.41, 5.74) is -2.77. The van der Waals surface area contributed by atoms with E-state index in [0.29, 0.717) is 0 Å². The van der Waals surface area contributed by atoms with Gasteiger partial charge in [-0.15, -0.1) is 0 Å². The largest absolute Gasteiger partial charge is 0.506 e. The molecule has 1 amide bonds. The van der Waals surface area contributed by atoms with Crippen LogP contribution in [0.15, 0.2) is 23.0 Å². The average molecular weight is 356 g/mol. The van der Waals surface area contributed by atoms with Crippen LogP contribution in [-0.2, 0) is 18.0 Å². The van der Waals surface area contributed by atoms with Crippen LogP contribution < -0.4 is 10.9 Å². The van der Waals surface area contributed by atoms with Gasteiger partial charge in [0.05, 0.1) is 17.1 Å². The predicted molar refractivity (Wildman–Crippen MR) is 83.5 cm³/mol. The van der Waals surface area contributed by atoms with Gasteiger partial charge in [0.2, 0.25) is 0 Å². The Labute approximate surface area is 139 Å². The number of aryl methyl sites for hydroxylation is 1. The van der Waals surface area contributed by atoms with Gasteiger partial charge in [0.25, 0.3) is 11.5 Å². The number of pyridine rings is 1. The van der Waals surface area contributed by atoms with E-state index in [9.17, 15) is 32.7 Å². The van der Waals surface area contributed by atoms with Crippen molar-refractivity contribution < 1.29 is 27.9 Å². The third kappa shape index (κ3) is 3.35. The number of ketones is 1. The minimum absolute atomic E-state index is 0.0873. The minimum Gasteiger partial charge on any atom is -0.506 e. The van der Waals surface area contributed by atoms with Crippen LogP contribution >= 0.6 is 0 Å². The van der Waals surface area contributed by atoms with Crippen LogP contribution in [-0.4, -0.2) is 27.4 Å². The quantitative estimate of drug-likeness (QED) is 0.880. The van der Waals surface area contributed by atoms with Gasteiger partial charge in [0, 0.05) is 12.4 Å². The number of hydrogen-bond acceptors (Lipinski definition) is 4. The molecule has 2 aromatic rings. The Kier molecular flexibility index (Phi) is 4.61. The Hall–Kier alpha value is -2.84. The number of fused-ring (bicyclic) bond motifs is 1. The van der Waals surface area contributed by atoms with Crippen molar-refractivity contribution in [2.75, 3.05) is 0 Å². The Morgan fingerprint density at radius 1 is 1.28 bits per heavy atom. The first-order valence-corrected chi connectivity index (χ1v) is 7.19. The number of carbonyl (C=O) groups excluding carboxylic acids is 2. The van der Waals surface area contributed by atoms with Gasteiger partial charge in [-0.3, -0.25) is 14.4 Å². The fraction of sp³-hybridized carbons (Fsp3) is 0.312. The second-order valence-electron chi connectivity index (χ2n) is 5.62. The van der Waals surface area contributed by atoms with Gasteiger partial charge >= 0.3 is 6.18 Å². The molecule has 1 atom stereocenters. The second kappa shape index (κ2) is 6.23. The van der Waals surface area contributed by atoms with Crippen molar-refractivity contribution in [3.05, 3.63) is 39.7 Å². The lowest BCUT2D eigenvalue weighted by Gasteiger charge is -2.15. The summed E-state index contributed by atoms with van der Waals surface area (Å²) in [5.74, 6) is -2.08. The van der Waals surface area contributed by atoms with Crippen molar-refractivity contribution in [3.8, 4) is 5.75 Å². The third-order valence-corrected chi connectivity index (χ3v) is 3.88. The fourth-order valence-corrected chi connectivity index (χ4v) is 2.27. The maximum absolute atomic E-state index is 12.8. The normalized spacial score (nSPS) is 12.9. The summed E-state index contributed by atoms with van der Waals surface area (Å²) in [6, 6.07) is 1.56. The second-order valence-corrected chi connectivity index (χ2v) is 5.62. The van der Waals surface area contributed by atoms with Gasteiger partial charge in [-0.2, -0.15) is 13.2 Å². The lowest BCUT2D eigenvalue weighted by Crippen LogP contribution is -2.40. The van der Waals surface area contributed by atoms with Crippen molar-refractivity contribution in [3.63, 3.8) is 0 Å². The highest BCUT2D eigenvalue weighted by molar-refractivity contribution is 6.03. The van der Waals surface area contributed by atoms with Crippen LogP contribution in [0.2, 0.25) is 0 Å². The van der Waals surface area contributed by atoms with Crippen molar-refractivity contribution in [2.24, 2.45) is 7.05 Å². The highest BCUT2D eigenvalue weighted by Crippen LogP contribution is 2.33. The van der Waals surface area contributed by atoms with E-state index < -0.39 is 40.6 Å². The molecule has 0 fully saturated rings. The standard InChI is InChI=1S/C16H15F3N2O4/c1-7(8(2)22)20-14(24)12-13(23)10-5-4-9(16(17,18)19)6-11(10)21(3)15(12)25/h4-7,23H,1-3H3,(H,20,24)/t7-/m0/s1. The summed E-state index contributed by atoms with van der Waals surface area (Å²) in [4.78, 5) is 35.8. The maximum atomic E-state index is 12.8. The number of nitrogens with zero attached hydrogens (tertiary/aromatic N) is 1. The van der Waals surface area contributed by atoms with Crippen molar-refractivity contribution in [1.82, 2.24) is 9.88 Å². The van der Waals surface area contributed by atoms with Crippen LogP contribution in [0.5, 0.6) is 5.75 Å². The number of nitrogens with one attached hydrogen (secondary N) is 1. The van der Waals surface area contributed by atoms with Crippen LogP contribution in [0, 0.1) is 0 Å². The number of hydrogen-bond donors (Lipinski definition) is 2. The van der Waals surface area contributed by atoms with E-state index in [2.05, 4.69) is 5.32 Å². The maximum Gasteiger partial charge on any atom is 0.416 e. The van der Waals surface area contributed by atoms with E-state index in [-0.39, 0.29) is 16.7 Å². The lowest BCUT2D eigenvalue weighted by molar-refractivity contribution is -0.137. The molecular formula is C16H15F3N2O4. The summed E-state index contributed by atoms with van der Waals surface area (Å²) in [6.07, 6.45) is -4.62. The number of aromatic nitrogens is 1. The van der Waals surface area contributed by atoms with Gasteiger partial charge in [0.1, 0.15) is 11.3 Å². The molecule has 0 aliphatic carbocycles. The molecule has 134 valence electrons. The monoisotopic (exact) mass is 356 g/mol. The highest BCUT2D eigenvalue weighted by atomic mass is 19.4. The third-order valence-electron chi connectivity index (χ3n) is 3.88. The van der Waals surface area contributed by atoms with Gasteiger partial charge in [-0.25, -0.2) is 0 Å². The molecule has 2 rings (SSSR count). The van der Waals surface area contributed by atoms with Gasteiger partial charge in [-0.1, -0.05) is 0 Å². The number of rotatable bonds is 3. The number of amides is 1. The zero-order chi connectivity index (χ0) is 19.1. The molecule has 0 saturated heterocycles. The topological polar surface area (TPSA) is 88.4 Å². The van der Waals surface area contributed by atoms with Crippen LogP contribution in [0.1, 0.15) is 29.8 Å². The first-order valence-electron chi connectivity index (χ1n) is 7.19. The Balaban J connectivity index is 2.67. The first-order chi connectivity index (χ1) is 11.4. The number of carbonyl (C=O) groups is 2. The molecule has 0 bridgehead atoms. The minimum atomic E-state index is -4.62. The highest BCUT2D eigenvalue weighted by Gasteiger charge is 2.31. The number of aromatic hydroxyl groups is 1. The van der Waals surface area contributed by atoms with Gasteiger partial charge < -0.3 is 15.0 Å². The molecule has 1 heterocycles. The van der Waals surface area contributed by atoms with E-state index >= 15 is 0 Å². The molecule has 1 aromatic carbocycles. The first kappa shape index (κ1) is 18.5. The zero-order valence-electron chi connectivity index (χ0n) is 13.6. The molecule has 0 aliphatic rings. The van der Waals surface area contributed by atoms with E-state index in [4.69, 9.17) is 0 Å².